The van der Waals surface area contributed by atoms with E-state index in [2.05, 4.69) is 4.98 Å². The third kappa shape index (κ3) is 1.60. The molecule has 0 aromatic carbocycles. The van der Waals surface area contributed by atoms with Crippen LogP contribution in [0.3, 0.4) is 0 Å². The van der Waals surface area contributed by atoms with E-state index in [-0.39, 0.29) is 0 Å². The lowest BCUT2D eigenvalue weighted by Gasteiger charge is -2.03. The summed E-state index contributed by atoms with van der Waals surface area (Å²) in [5.41, 5.74) is 0. The Morgan fingerprint density at radius 1 is 1.64 bits per heavy atom. The van der Waals surface area contributed by atoms with Crippen LogP contribution in [0, 0.1) is 0 Å². The highest BCUT2D eigenvalue weighted by molar-refractivity contribution is 4.93. The highest BCUT2D eigenvalue weighted by Gasteiger charge is 2.13. The van der Waals surface area contributed by atoms with E-state index in [1.165, 1.54) is 12.4 Å². The zero-order valence-electron chi connectivity index (χ0n) is 5.42. The lowest BCUT2D eigenvalue weighted by atomic mass is 10.5. The van der Waals surface area contributed by atoms with E-state index in [0.717, 1.165) is 10.9 Å². The maximum atomic E-state index is 12.6. The van der Waals surface area contributed by atoms with Gasteiger partial charge in [0.15, 0.2) is 5.83 Å². The van der Waals surface area contributed by atoms with E-state index in [4.69, 9.17) is 0 Å². The molecule has 0 fully saturated rings. The van der Waals surface area contributed by atoms with Crippen molar-refractivity contribution in [3.05, 3.63) is 30.9 Å². The molecule has 2 nitrogen and oxygen atoms in total. The van der Waals surface area contributed by atoms with E-state index in [9.17, 15) is 13.2 Å². The van der Waals surface area contributed by atoms with Crippen molar-refractivity contribution in [2.75, 3.05) is 0 Å². The van der Waals surface area contributed by atoms with Gasteiger partial charge in [0.25, 0.3) is 0 Å². The second kappa shape index (κ2) is 3.23. The minimum Gasteiger partial charge on any atom is -0.301 e. The van der Waals surface area contributed by atoms with Crippen molar-refractivity contribution in [2.24, 2.45) is 0 Å². The molecule has 1 atom stereocenters. The van der Waals surface area contributed by atoms with Crippen molar-refractivity contribution in [3.8, 4) is 0 Å². The Morgan fingerprint density at radius 2 is 2.36 bits per heavy atom. The van der Waals surface area contributed by atoms with Crippen LogP contribution in [0.2, 0.25) is 0 Å². The number of hydrogen-bond donors (Lipinski definition) is 0. The van der Waals surface area contributed by atoms with Crippen molar-refractivity contribution >= 4 is 0 Å². The first-order valence-electron chi connectivity index (χ1n) is 2.83. The third-order valence-corrected chi connectivity index (χ3v) is 1.12. The van der Waals surface area contributed by atoms with Gasteiger partial charge >= 0.3 is 0 Å². The summed E-state index contributed by atoms with van der Waals surface area (Å²) in [6.07, 6.45) is 1.02. The first kappa shape index (κ1) is 7.84. The lowest BCUT2D eigenvalue weighted by Crippen LogP contribution is -2.00. The second-order valence-electron chi connectivity index (χ2n) is 1.84. The zero-order valence-corrected chi connectivity index (χ0v) is 5.42. The van der Waals surface area contributed by atoms with Crippen molar-refractivity contribution in [3.63, 3.8) is 0 Å². The van der Waals surface area contributed by atoms with E-state index >= 15 is 0 Å². The van der Waals surface area contributed by atoms with Crippen molar-refractivity contribution in [2.45, 2.75) is 6.30 Å². The number of imidazole rings is 1. The molecule has 0 amide bonds. The molecule has 0 saturated heterocycles. The SMILES string of the molecule is FC=C(F)C(F)n1ccnc1. The number of allylic oxidation sites excluding steroid dienone is 1. The Hall–Kier alpha value is -1.26. The van der Waals surface area contributed by atoms with Gasteiger partial charge in [0.1, 0.15) is 6.33 Å². The molecule has 1 rings (SSSR count). The van der Waals surface area contributed by atoms with Gasteiger partial charge in [-0.2, -0.15) is 0 Å². The fourth-order valence-corrected chi connectivity index (χ4v) is 0.598. The van der Waals surface area contributed by atoms with Crippen LogP contribution in [-0.2, 0) is 0 Å². The molecular weight excluding hydrogens is 157 g/mol. The van der Waals surface area contributed by atoms with E-state index in [1.807, 2.05) is 0 Å². The summed E-state index contributed by atoms with van der Waals surface area (Å²) in [7, 11) is 0. The fraction of sp³-hybridized carbons (Fsp3) is 0.167. The number of rotatable bonds is 2. The van der Waals surface area contributed by atoms with Gasteiger partial charge in [0.2, 0.25) is 6.30 Å². The van der Waals surface area contributed by atoms with Gasteiger partial charge in [-0.05, 0) is 0 Å². The molecule has 1 aromatic heterocycles. The van der Waals surface area contributed by atoms with Gasteiger partial charge in [-0.15, -0.1) is 0 Å². The normalized spacial score (nSPS) is 15.0. The zero-order chi connectivity index (χ0) is 8.27. The fourth-order valence-electron chi connectivity index (χ4n) is 0.598. The topological polar surface area (TPSA) is 17.8 Å². The van der Waals surface area contributed by atoms with Crippen LogP contribution in [0.4, 0.5) is 13.2 Å². The van der Waals surface area contributed by atoms with Crippen LogP contribution >= 0.6 is 0 Å². The van der Waals surface area contributed by atoms with Gasteiger partial charge in [-0.1, -0.05) is 0 Å². The van der Waals surface area contributed by atoms with Gasteiger partial charge in [-0.25, -0.2) is 18.2 Å². The van der Waals surface area contributed by atoms with Crippen LogP contribution in [0.25, 0.3) is 0 Å². The van der Waals surface area contributed by atoms with Gasteiger partial charge < -0.3 is 4.57 Å². The van der Waals surface area contributed by atoms with Crippen molar-refractivity contribution in [1.82, 2.24) is 9.55 Å². The minimum atomic E-state index is -2.11. The summed E-state index contributed by atoms with van der Waals surface area (Å²) in [6, 6.07) is 0. The first-order valence-corrected chi connectivity index (χ1v) is 2.83. The van der Waals surface area contributed by atoms with Crippen LogP contribution < -0.4 is 0 Å². The summed E-state index contributed by atoms with van der Waals surface area (Å²) in [4.78, 5) is 3.47. The molecular formula is C6H5F3N2. The second-order valence-corrected chi connectivity index (χ2v) is 1.84. The number of hydrogen-bond acceptors (Lipinski definition) is 1. The summed E-state index contributed by atoms with van der Waals surface area (Å²) >= 11 is 0. The van der Waals surface area contributed by atoms with Crippen LogP contribution in [-0.4, -0.2) is 9.55 Å². The Balaban J connectivity index is 2.78. The maximum absolute atomic E-state index is 12.6. The molecule has 0 radical (unpaired) electrons. The molecule has 0 aliphatic heterocycles. The van der Waals surface area contributed by atoms with Crippen molar-refractivity contribution < 1.29 is 13.2 Å². The monoisotopic (exact) mass is 162 g/mol. The molecule has 1 heterocycles. The van der Waals surface area contributed by atoms with Crippen LogP contribution in [0.1, 0.15) is 6.30 Å². The number of halogens is 3. The Morgan fingerprint density at radius 3 is 2.82 bits per heavy atom. The Labute approximate surface area is 61.0 Å². The summed E-state index contributed by atoms with van der Waals surface area (Å²) < 4.78 is 37.0. The molecule has 0 aliphatic carbocycles. The Bertz CT molecular complexity index is 242. The first-order chi connectivity index (χ1) is 5.25. The summed E-state index contributed by atoms with van der Waals surface area (Å²) in [6.45, 7) is 0. The van der Waals surface area contributed by atoms with Gasteiger partial charge in [0.05, 0.1) is 6.33 Å². The average Bonchev–Trinajstić information content (AvgIpc) is 2.53. The number of alkyl halides is 1. The molecule has 11 heavy (non-hydrogen) atoms. The predicted octanol–water partition coefficient (Wildman–Crippen LogP) is 2.13. The molecule has 0 aliphatic rings. The van der Waals surface area contributed by atoms with Gasteiger partial charge in [0, 0.05) is 12.4 Å². The van der Waals surface area contributed by atoms with Gasteiger partial charge in [-0.3, -0.25) is 0 Å². The van der Waals surface area contributed by atoms with Crippen LogP contribution in [0.15, 0.2) is 30.9 Å². The molecule has 60 valence electrons. The Kier molecular flexibility index (Phi) is 2.30. The van der Waals surface area contributed by atoms with Crippen LogP contribution in [0.5, 0.6) is 0 Å². The highest BCUT2D eigenvalue weighted by Crippen LogP contribution is 2.19. The molecule has 1 unspecified atom stereocenters. The standard InChI is InChI=1S/C6H5F3N2/c7-3-5(8)6(9)11-2-1-10-4-11/h1-4,6H. The molecule has 0 bridgehead atoms. The average molecular weight is 162 g/mol. The number of aromatic nitrogens is 2. The van der Waals surface area contributed by atoms with E-state index in [1.54, 1.807) is 0 Å². The predicted molar refractivity (Wildman–Crippen MR) is 32.7 cm³/mol. The summed E-state index contributed by atoms with van der Waals surface area (Å²) in [5.74, 6) is -1.47. The molecule has 0 spiro atoms. The molecule has 0 saturated carbocycles. The quantitative estimate of drug-likeness (QED) is 0.651. The number of nitrogens with zero attached hydrogens (tertiary/aromatic N) is 2. The lowest BCUT2D eigenvalue weighted by molar-refractivity contribution is 0.239. The molecule has 1 aromatic rings. The highest BCUT2D eigenvalue weighted by atomic mass is 19.2. The molecule has 5 heteroatoms. The largest absolute Gasteiger partial charge is 0.301 e. The maximum Gasteiger partial charge on any atom is 0.231 e. The minimum absolute atomic E-state index is 0.412. The third-order valence-electron chi connectivity index (χ3n) is 1.12. The smallest absolute Gasteiger partial charge is 0.231 e. The molecule has 0 N–H and O–H groups in total. The van der Waals surface area contributed by atoms with E-state index in [0.29, 0.717) is 0 Å². The van der Waals surface area contributed by atoms with E-state index < -0.39 is 18.5 Å². The van der Waals surface area contributed by atoms with Crippen molar-refractivity contribution in [1.29, 1.82) is 0 Å². The summed E-state index contributed by atoms with van der Waals surface area (Å²) in [5, 5.41) is 0.